The summed E-state index contributed by atoms with van der Waals surface area (Å²) in [6.45, 7) is 3.70. The van der Waals surface area contributed by atoms with Crippen LogP contribution in [0, 0.1) is 17.8 Å². The summed E-state index contributed by atoms with van der Waals surface area (Å²) >= 11 is 0. The zero-order valence-corrected chi connectivity index (χ0v) is 7.46. The van der Waals surface area contributed by atoms with Gasteiger partial charge in [0.1, 0.15) is 5.78 Å². The van der Waals surface area contributed by atoms with E-state index in [0.717, 1.165) is 18.8 Å². The number of fused-ring (bicyclic) bond motifs is 2. The average Bonchev–Trinajstić information content (AvgIpc) is 2.62. The second-order valence-electron chi connectivity index (χ2n) is 4.14. The van der Waals surface area contributed by atoms with E-state index in [4.69, 9.17) is 0 Å². The lowest BCUT2D eigenvalue weighted by Gasteiger charge is -2.19. The molecule has 0 aromatic heterocycles. The van der Waals surface area contributed by atoms with Gasteiger partial charge in [-0.25, -0.2) is 0 Å². The van der Waals surface area contributed by atoms with Crippen LogP contribution < -0.4 is 0 Å². The van der Waals surface area contributed by atoms with E-state index in [-0.39, 0.29) is 0 Å². The number of carbonyl (C=O) groups excluding carboxylic acids is 1. The van der Waals surface area contributed by atoms with E-state index < -0.39 is 0 Å². The smallest absolute Gasteiger partial charge is 0.139 e. The Morgan fingerprint density at radius 3 is 2.92 bits per heavy atom. The van der Waals surface area contributed by atoms with Crippen LogP contribution >= 0.6 is 0 Å². The molecule has 3 atom stereocenters. The molecule has 12 heavy (non-hydrogen) atoms. The first-order valence-electron chi connectivity index (χ1n) is 4.97. The van der Waals surface area contributed by atoms with Crippen LogP contribution in [0.4, 0.5) is 0 Å². The van der Waals surface area contributed by atoms with Crippen LogP contribution in [0.15, 0.2) is 12.7 Å². The molecule has 0 aromatic rings. The zero-order valence-electron chi connectivity index (χ0n) is 7.46. The first-order valence-corrected chi connectivity index (χ1v) is 4.97. The molecule has 0 radical (unpaired) electrons. The normalized spacial score (nSPS) is 39.0. The molecule has 0 aliphatic heterocycles. The first-order chi connectivity index (χ1) is 5.83. The van der Waals surface area contributed by atoms with Gasteiger partial charge in [-0.05, 0) is 38.0 Å². The average molecular weight is 164 g/mol. The van der Waals surface area contributed by atoms with E-state index in [1.807, 2.05) is 6.08 Å². The summed E-state index contributed by atoms with van der Waals surface area (Å²) < 4.78 is 0. The predicted molar refractivity (Wildman–Crippen MR) is 48.8 cm³/mol. The Bertz CT molecular complexity index is 207. The third kappa shape index (κ3) is 1.12. The van der Waals surface area contributed by atoms with Crippen molar-refractivity contribution in [3.63, 3.8) is 0 Å². The van der Waals surface area contributed by atoms with E-state index in [1.54, 1.807) is 0 Å². The van der Waals surface area contributed by atoms with Crippen LogP contribution in [-0.4, -0.2) is 5.78 Å². The van der Waals surface area contributed by atoms with Crippen LogP contribution in [0.3, 0.4) is 0 Å². The molecule has 2 aliphatic rings. The predicted octanol–water partition coefficient (Wildman–Crippen LogP) is 2.57. The van der Waals surface area contributed by atoms with E-state index in [2.05, 4.69) is 6.58 Å². The summed E-state index contributed by atoms with van der Waals surface area (Å²) in [5.41, 5.74) is 0. The van der Waals surface area contributed by atoms with Crippen molar-refractivity contribution in [1.29, 1.82) is 0 Å². The molecule has 0 aromatic carbocycles. The maximum atomic E-state index is 11.6. The summed E-state index contributed by atoms with van der Waals surface area (Å²) in [6.07, 6.45) is 7.68. The Balaban J connectivity index is 1.98. The Hall–Kier alpha value is -0.590. The molecule has 2 saturated carbocycles. The monoisotopic (exact) mass is 164 g/mol. The number of hydrogen-bond acceptors (Lipinski definition) is 1. The quantitative estimate of drug-likeness (QED) is 0.586. The van der Waals surface area contributed by atoms with Crippen molar-refractivity contribution in [3.05, 3.63) is 12.7 Å². The molecular weight excluding hydrogens is 148 g/mol. The Morgan fingerprint density at radius 1 is 1.50 bits per heavy atom. The summed E-state index contributed by atoms with van der Waals surface area (Å²) in [5, 5.41) is 0. The van der Waals surface area contributed by atoms with Crippen molar-refractivity contribution >= 4 is 5.78 Å². The van der Waals surface area contributed by atoms with Crippen molar-refractivity contribution in [1.82, 2.24) is 0 Å². The molecular formula is C11H16O. The summed E-state index contributed by atoms with van der Waals surface area (Å²) in [5.74, 6) is 2.15. The third-order valence-corrected chi connectivity index (χ3v) is 3.49. The largest absolute Gasteiger partial charge is 0.299 e. The lowest BCUT2D eigenvalue weighted by molar-refractivity contribution is -0.125. The third-order valence-electron chi connectivity index (χ3n) is 3.49. The summed E-state index contributed by atoms with van der Waals surface area (Å²) in [7, 11) is 0. The maximum absolute atomic E-state index is 11.6. The highest BCUT2D eigenvalue weighted by molar-refractivity contribution is 5.86. The maximum Gasteiger partial charge on any atom is 0.139 e. The van der Waals surface area contributed by atoms with Crippen molar-refractivity contribution in [2.24, 2.45) is 17.8 Å². The molecule has 2 bridgehead atoms. The van der Waals surface area contributed by atoms with Crippen molar-refractivity contribution < 1.29 is 4.79 Å². The van der Waals surface area contributed by atoms with Gasteiger partial charge in [0.05, 0.1) is 0 Å². The number of rotatable bonds is 3. The molecule has 0 amide bonds. The minimum Gasteiger partial charge on any atom is -0.299 e. The topological polar surface area (TPSA) is 17.1 Å². The first kappa shape index (κ1) is 8.03. The SMILES string of the molecule is C=CCC[C@H]1C(=O)[C@@H]2CC[C@H]1C2. The van der Waals surface area contributed by atoms with Gasteiger partial charge in [-0.15, -0.1) is 6.58 Å². The highest BCUT2D eigenvalue weighted by atomic mass is 16.1. The molecule has 2 aliphatic carbocycles. The second kappa shape index (κ2) is 3.04. The van der Waals surface area contributed by atoms with Gasteiger partial charge in [-0.1, -0.05) is 6.08 Å². The molecule has 1 heteroatoms. The minimum absolute atomic E-state index is 0.404. The fourth-order valence-corrected chi connectivity index (χ4v) is 2.85. The summed E-state index contributed by atoms with van der Waals surface area (Å²) in [4.78, 5) is 11.6. The van der Waals surface area contributed by atoms with Gasteiger partial charge >= 0.3 is 0 Å². The highest BCUT2D eigenvalue weighted by Crippen LogP contribution is 2.47. The van der Waals surface area contributed by atoms with Crippen LogP contribution in [0.25, 0.3) is 0 Å². The molecule has 0 saturated heterocycles. The standard InChI is InChI=1S/C11H16O/c1-2-3-4-10-8-5-6-9(7-8)11(10)12/h2,8-10H,1,3-7H2/t8-,9+,10+/m0/s1. The van der Waals surface area contributed by atoms with Gasteiger partial charge in [0, 0.05) is 11.8 Å². The molecule has 0 spiro atoms. The fraction of sp³-hybridized carbons (Fsp3) is 0.727. The zero-order chi connectivity index (χ0) is 8.55. The Kier molecular flexibility index (Phi) is 2.03. The number of allylic oxidation sites excluding steroid dienone is 1. The fourth-order valence-electron chi connectivity index (χ4n) is 2.85. The Morgan fingerprint density at radius 2 is 2.33 bits per heavy atom. The van der Waals surface area contributed by atoms with Crippen molar-refractivity contribution in [2.45, 2.75) is 32.1 Å². The molecule has 0 heterocycles. The van der Waals surface area contributed by atoms with Crippen molar-refractivity contribution in [3.8, 4) is 0 Å². The highest BCUT2D eigenvalue weighted by Gasteiger charge is 2.45. The molecule has 2 fully saturated rings. The van der Waals surface area contributed by atoms with Gasteiger partial charge in [0.15, 0.2) is 0 Å². The molecule has 1 nitrogen and oxygen atoms in total. The molecule has 2 rings (SSSR count). The van der Waals surface area contributed by atoms with Crippen LogP contribution in [0.1, 0.15) is 32.1 Å². The van der Waals surface area contributed by atoms with Crippen LogP contribution in [0.2, 0.25) is 0 Å². The number of Topliss-reactive ketones (excluding diaryl/α,β-unsaturated/α-hetero) is 1. The Labute approximate surface area is 73.8 Å². The van der Waals surface area contributed by atoms with Crippen LogP contribution in [-0.2, 0) is 4.79 Å². The van der Waals surface area contributed by atoms with Gasteiger partial charge in [0.2, 0.25) is 0 Å². The van der Waals surface area contributed by atoms with E-state index >= 15 is 0 Å². The van der Waals surface area contributed by atoms with Gasteiger partial charge in [0.25, 0.3) is 0 Å². The lowest BCUT2D eigenvalue weighted by Crippen LogP contribution is -2.21. The van der Waals surface area contributed by atoms with Gasteiger partial charge in [-0.2, -0.15) is 0 Å². The van der Waals surface area contributed by atoms with Gasteiger partial charge < -0.3 is 0 Å². The van der Waals surface area contributed by atoms with Gasteiger partial charge in [-0.3, -0.25) is 4.79 Å². The molecule has 66 valence electrons. The van der Waals surface area contributed by atoms with E-state index in [9.17, 15) is 4.79 Å². The molecule has 0 N–H and O–H groups in total. The van der Waals surface area contributed by atoms with Crippen LogP contribution in [0.5, 0.6) is 0 Å². The number of carbonyl (C=O) groups is 1. The number of ketones is 1. The van der Waals surface area contributed by atoms with E-state index in [0.29, 0.717) is 17.6 Å². The number of hydrogen-bond donors (Lipinski definition) is 0. The molecule has 0 unspecified atom stereocenters. The summed E-state index contributed by atoms with van der Waals surface area (Å²) in [6, 6.07) is 0. The second-order valence-corrected chi connectivity index (χ2v) is 4.14. The lowest BCUT2D eigenvalue weighted by atomic mass is 9.84. The minimum atomic E-state index is 0.404. The van der Waals surface area contributed by atoms with E-state index in [1.165, 1.54) is 19.3 Å². The van der Waals surface area contributed by atoms with Crippen molar-refractivity contribution in [2.75, 3.05) is 0 Å².